The molecule has 0 aliphatic heterocycles. The molecule has 0 aliphatic carbocycles. The van der Waals surface area contributed by atoms with Crippen LogP contribution in [0.5, 0.6) is 0 Å². The van der Waals surface area contributed by atoms with Crippen LogP contribution in [0.2, 0.25) is 0 Å². The van der Waals surface area contributed by atoms with Crippen LogP contribution in [0.1, 0.15) is 1.43 Å². The van der Waals surface area contributed by atoms with Crippen molar-refractivity contribution < 1.29 is 75.1 Å². The van der Waals surface area contributed by atoms with Gasteiger partial charge in [0.05, 0.1) is 6.61 Å². The summed E-state index contributed by atoms with van der Waals surface area (Å²) >= 11 is 0. The minimum Gasteiger partial charge on any atom is -1.00 e. The molecule has 0 unspecified atom stereocenters. The summed E-state index contributed by atoms with van der Waals surface area (Å²) in [6.45, 7) is -2.01. The van der Waals surface area contributed by atoms with E-state index in [1.54, 1.807) is 0 Å². The maximum atomic E-state index is 10.7. The smallest absolute Gasteiger partial charge is 1.00 e. The van der Waals surface area contributed by atoms with Crippen molar-refractivity contribution in [1.82, 2.24) is 0 Å². The van der Waals surface area contributed by atoms with E-state index in [0.29, 0.717) is 0 Å². The molecule has 0 bridgehead atoms. The van der Waals surface area contributed by atoms with Crippen LogP contribution >= 0.6 is 7.82 Å². The van der Waals surface area contributed by atoms with Crippen molar-refractivity contribution in [3.63, 3.8) is 0 Å². The van der Waals surface area contributed by atoms with E-state index in [-0.39, 0.29) is 31.0 Å². The molecule has 0 fully saturated rings. The van der Waals surface area contributed by atoms with Crippen molar-refractivity contribution in [1.29, 1.82) is 0 Å². The molecule has 0 aromatic heterocycles. The Morgan fingerprint density at radius 2 is 1.76 bits per heavy atom. The summed E-state index contributed by atoms with van der Waals surface area (Å²) < 4.78 is 14.1. The molecule has 98 valence electrons. The Morgan fingerprint density at radius 3 is 2.12 bits per heavy atom. The zero-order valence-electron chi connectivity index (χ0n) is 10.0. The van der Waals surface area contributed by atoms with E-state index in [0.717, 1.165) is 0 Å². The van der Waals surface area contributed by atoms with Gasteiger partial charge in [-0.1, -0.05) is 0 Å². The van der Waals surface area contributed by atoms with Crippen LogP contribution in [0.25, 0.3) is 0 Å². The van der Waals surface area contributed by atoms with E-state index in [4.69, 9.17) is 30.2 Å². The largest absolute Gasteiger partial charge is 1.00 e. The standard InChI is InChI=1S/C6H13O9P.Na.H/c7-1-3(8)5(10)6(11)4(9)2-15-16(12,13)14;;/h4-7,9-11H,1-2H2,(H2,12,13,14);;/q;+1;-1/t4-,5-,6-;;/m1../s1. The van der Waals surface area contributed by atoms with E-state index >= 15 is 0 Å². The Morgan fingerprint density at radius 1 is 1.29 bits per heavy atom. The van der Waals surface area contributed by atoms with Gasteiger partial charge >= 0.3 is 37.4 Å². The third kappa shape index (κ3) is 8.36. The molecule has 0 aliphatic rings. The van der Waals surface area contributed by atoms with Gasteiger partial charge in [-0.15, -0.1) is 0 Å². The number of phosphoric ester groups is 1. The SMILES string of the molecule is O=C(CO)[C@@H](O)[C@H](O)[C@H](O)COP(=O)(O)O.[H-].[Na+]. The van der Waals surface area contributed by atoms with Gasteiger partial charge in [-0.25, -0.2) is 4.57 Å². The van der Waals surface area contributed by atoms with Gasteiger partial charge in [-0.05, 0) is 0 Å². The quantitative estimate of drug-likeness (QED) is 0.197. The van der Waals surface area contributed by atoms with Gasteiger partial charge in [0, 0.05) is 0 Å². The minimum atomic E-state index is -4.81. The number of Topliss-reactive ketones (excluding diaryl/α,β-unsaturated/α-hetero) is 1. The number of aliphatic hydroxyl groups is 4. The second kappa shape index (κ2) is 8.68. The fourth-order valence-electron chi connectivity index (χ4n) is 0.766. The molecule has 0 heterocycles. The van der Waals surface area contributed by atoms with Crippen LogP contribution in [0.3, 0.4) is 0 Å². The predicted molar refractivity (Wildman–Crippen MR) is 49.2 cm³/mol. The number of hydrogen-bond acceptors (Lipinski definition) is 7. The molecule has 0 saturated carbocycles. The Balaban J connectivity index is -0.00000112. The molecule has 0 saturated heterocycles. The summed E-state index contributed by atoms with van der Waals surface area (Å²) in [6.07, 6.45) is -5.94. The van der Waals surface area contributed by atoms with Crippen molar-refractivity contribution in [2.45, 2.75) is 18.3 Å². The van der Waals surface area contributed by atoms with Crippen molar-refractivity contribution in [2.75, 3.05) is 13.2 Å². The van der Waals surface area contributed by atoms with E-state index in [1.807, 2.05) is 0 Å². The molecule has 0 amide bonds. The first-order chi connectivity index (χ1) is 7.19. The number of ketones is 1. The first kappa shape index (κ1) is 19.9. The van der Waals surface area contributed by atoms with Gasteiger partial charge in [-0.3, -0.25) is 9.32 Å². The average molecular weight is 284 g/mol. The summed E-state index contributed by atoms with van der Waals surface area (Å²) in [5.41, 5.74) is 0. The topological polar surface area (TPSA) is 165 Å². The maximum absolute atomic E-state index is 10.7. The molecule has 0 rings (SSSR count). The summed E-state index contributed by atoms with van der Waals surface area (Å²) in [6, 6.07) is 0. The average Bonchev–Trinajstić information content (AvgIpc) is 2.21. The maximum Gasteiger partial charge on any atom is 1.00 e. The Labute approximate surface area is 120 Å². The number of aliphatic hydroxyl groups excluding tert-OH is 4. The van der Waals surface area contributed by atoms with Crippen LogP contribution in [0.4, 0.5) is 0 Å². The summed E-state index contributed by atoms with van der Waals surface area (Å²) in [5, 5.41) is 35.6. The van der Waals surface area contributed by atoms with Gasteiger partial charge < -0.3 is 31.6 Å². The summed E-state index contributed by atoms with van der Waals surface area (Å²) in [5.74, 6) is -1.14. The molecule has 11 heteroatoms. The van der Waals surface area contributed by atoms with Gasteiger partial charge in [0.1, 0.15) is 24.9 Å². The molecule has 0 spiro atoms. The van der Waals surface area contributed by atoms with Gasteiger partial charge in [-0.2, -0.15) is 0 Å². The third-order valence-corrected chi connectivity index (χ3v) is 2.10. The first-order valence-electron chi connectivity index (χ1n) is 4.07. The molecule has 9 nitrogen and oxygen atoms in total. The van der Waals surface area contributed by atoms with Gasteiger partial charge in [0.25, 0.3) is 0 Å². The molecular formula is C6H14NaO9P. The van der Waals surface area contributed by atoms with Gasteiger partial charge in [0.15, 0.2) is 5.78 Å². The van der Waals surface area contributed by atoms with Crippen LogP contribution in [0, 0.1) is 0 Å². The molecule has 0 aromatic carbocycles. The Hall–Kier alpha value is 0.620. The molecule has 0 radical (unpaired) electrons. The molecular weight excluding hydrogens is 270 g/mol. The number of rotatable bonds is 7. The van der Waals surface area contributed by atoms with Crippen LogP contribution < -0.4 is 29.6 Å². The van der Waals surface area contributed by atoms with Crippen molar-refractivity contribution in [2.24, 2.45) is 0 Å². The second-order valence-corrected chi connectivity index (χ2v) is 4.15. The van der Waals surface area contributed by atoms with Gasteiger partial charge in [0.2, 0.25) is 0 Å². The van der Waals surface area contributed by atoms with Crippen LogP contribution in [-0.4, -0.2) is 67.5 Å². The first-order valence-corrected chi connectivity index (χ1v) is 5.60. The van der Waals surface area contributed by atoms with Crippen LogP contribution in [0.15, 0.2) is 0 Å². The number of hydrogen-bond donors (Lipinski definition) is 6. The minimum absolute atomic E-state index is 0. The number of carbonyl (C=O) groups is 1. The molecule has 0 aromatic rings. The molecule has 6 N–H and O–H groups in total. The fraction of sp³-hybridized carbons (Fsp3) is 0.833. The summed E-state index contributed by atoms with van der Waals surface area (Å²) in [7, 11) is -4.81. The zero-order valence-corrected chi connectivity index (χ0v) is 11.9. The van der Waals surface area contributed by atoms with Crippen molar-refractivity contribution >= 4 is 13.6 Å². The summed E-state index contributed by atoms with van der Waals surface area (Å²) in [4.78, 5) is 27.2. The monoisotopic (exact) mass is 284 g/mol. The Kier molecular flexibility index (Phi) is 10.2. The normalized spacial score (nSPS) is 16.8. The molecule has 3 atom stereocenters. The second-order valence-electron chi connectivity index (χ2n) is 2.91. The van der Waals surface area contributed by atoms with E-state index in [2.05, 4.69) is 4.52 Å². The fourth-order valence-corrected chi connectivity index (χ4v) is 1.11. The van der Waals surface area contributed by atoms with Crippen molar-refractivity contribution in [3.05, 3.63) is 0 Å². The van der Waals surface area contributed by atoms with Crippen LogP contribution in [-0.2, 0) is 13.9 Å². The van der Waals surface area contributed by atoms with E-state index < -0.39 is 45.1 Å². The third-order valence-electron chi connectivity index (χ3n) is 1.62. The Bertz CT molecular complexity index is 284. The van der Waals surface area contributed by atoms with E-state index in [9.17, 15) is 9.36 Å². The van der Waals surface area contributed by atoms with Crippen molar-refractivity contribution in [3.8, 4) is 0 Å². The number of carbonyl (C=O) groups excluding carboxylic acids is 1. The van der Waals surface area contributed by atoms with E-state index in [1.165, 1.54) is 0 Å². The predicted octanol–water partition coefficient (Wildman–Crippen LogP) is -6.14. The zero-order chi connectivity index (χ0) is 12.9. The number of phosphoric acid groups is 1. The molecule has 17 heavy (non-hydrogen) atoms.